The number of hydrogen-bond donors (Lipinski definition) is 1. The van der Waals surface area contributed by atoms with Gasteiger partial charge in [0.15, 0.2) is 0 Å². The van der Waals surface area contributed by atoms with E-state index in [9.17, 15) is 4.79 Å². The smallest absolute Gasteiger partial charge is 0.232 e. The maximum Gasteiger partial charge on any atom is 0.232 e. The number of carbonyl (C=O) groups is 1. The number of anilines is 1. The minimum absolute atomic E-state index is 0.0468. The Morgan fingerprint density at radius 2 is 1.78 bits per heavy atom. The van der Waals surface area contributed by atoms with Crippen LogP contribution in [-0.2, 0) is 4.79 Å². The summed E-state index contributed by atoms with van der Waals surface area (Å²) in [6.45, 7) is 6.54. The Morgan fingerprint density at radius 3 is 2.39 bits per heavy atom. The minimum Gasteiger partial charge on any atom is -0.492 e. The summed E-state index contributed by atoms with van der Waals surface area (Å²) in [7, 11) is 0. The molecule has 1 N–H and O–H groups in total. The van der Waals surface area contributed by atoms with Crippen molar-refractivity contribution in [3.63, 3.8) is 0 Å². The van der Waals surface area contributed by atoms with E-state index >= 15 is 0 Å². The molecule has 0 heterocycles. The Morgan fingerprint density at radius 1 is 1.13 bits per heavy atom. The molecule has 0 saturated carbocycles. The van der Waals surface area contributed by atoms with E-state index < -0.39 is 0 Å². The van der Waals surface area contributed by atoms with Gasteiger partial charge in [0.2, 0.25) is 5.91 Å². The molecule has 0 spiro atoms. The van der Waals surface area contributed by atoms with E-state index in [1.807, 2.05) is 69.3 Å². The van der Waals surface area contributed by atoms with Crippen molar-refractivity contribution in [2.75, 3.05) is 11.9 Å². The average Bonchev–Trinajstić information content (AvgIpc) is 2.51. The van der Waals surface area contributed by atoms with E-state index in [1.165, 1.54) is 0 Å². The number of ether oxygens (including phenoxy) is 1. The minimum atomic E-state index is -0.248. The molecule has 3 nitrogen and oxygen atoms in total. The van der Waals surface area contributed by atoms with Crippen molar-refractivity contribution >= 4 is 23.2 Å². The summed E-state index contributed by atoms with van der Waals surface area (Å²) < 4.78 is 5.57. The topological polar surface area (TPSA) is 38.3 Å². The molecule has 0 aliphatic heterocycles. The van der Waals surface area contributed by atoms with Gasteiger partial charge in [-0.1, -0.05) is 49.7 Å². The maximum absolute atomic E-state index is 12.8. The Hall–Kier alpha value is -2.00. The Bertz CT molecular complexity index is 653. The number of carbonyl (C=O) groups excluding carboxylic acids is 1. The van der Waals surface area contributed by atoms with Crippen LogP contribution in [0.25, 0.3) is 0 Å². The molecule has 2 aromatic carbocycles. The third kappa shape index (κ3) is 4.49. The second kappa shape index (κ2) is 8.02. The van der Waals surface area contributed by atoms with Gasteiger partial charge in [-0.2, -0.15) is 0 Å². The quantitative estimate of drug-likeness (QED) is 0.798. The molecule has 23 heavy (non-hydrogen) atoms. The summed E-state index contributed by atoms with van der Waals surface area (Å²) in [6.07, 6.45) is 0. The van der Waals surface area contributed by atoms with Crippen molar-refractivity contribution in [2.24, 2.45) is 5.92 Å². The normalized spacial score (nSPS) is 12.0. The number of halogens is 1. The molecule has 1 atom stereocenters. The first kappa shape index (κ1) is 17.4. The zero-order valence-electron chi connectivity index (χ0n) is 13.7. The fourth-order valence-electron chi connectivity index (χ4n) is 2.57. The maximum atomic E-state index is 12.8. The highest BCUT2D eigenvalue weighted by Gasteiger charge is 2.25. The number of para-hydroxylation sites is 2. The van der Waals surface area contributed by atoms with Gasteiger partial charge in [-0.15, -0.1) is 0 Å². The predicted molar refractivity (Wildman–Crippen MR) is 95.3 cm³/mol. The van der Waals surface area contributed by atoms with Crippen molar-refractivity contribution in [2.45, 2.75) is 26.7 Å². The molecule has 0 unspecified atom stereocenters. The molecular formula is C19H22ClNO2. The summed E-state index contributed by atoms with van der Waals surface area (Å²) in [4.78, 5) is 12.8. The number of nitrogens with one attached hydrogen (secondary N) is 1. The van der Waals surface area contributed by atoms with Crippen molar-refractivity contribution in [1.29, 1.82) is 0 Å². The highest BCUT2D eigenvalue weighted by molar-refractivity contribution is 6.30. The Labute approximate surface area is 142 Å². The zero-order valence-corrected chi connectivity index (χ0v) is 14.4. The monoisotopic (exact) mass is 331 g/mol. The first-order valence-corrected chi connectivity index (χ1v) is 8.19. The number of hydrogen-bond acceptors (Lipinski definition) is 2. The third-order valence-corrected chi connectivity index (χ3v) is 3.88. The number of amides is 1. The molecule has 0 bridgehead atoms. The zero-order chi connectivity index (χ0) is 16.8. The Kier molecular flexibility index (Phi) is 6.05. The summed E-state index contributed by atoms with van der Waals surface area (Å²) in [6, 6.07) is 14.9. The fraction of sp³-hybridized carbons (Fsp3) is 0.316. The molecule has 4 heteroatoms. The molecular weight excluding hydrogens is 310 g/mol. The lowest BCUT2D eigenvalue weighted by Crippen LogP contribution is -2.25. The lowest BCUT2D eigenvalue weighted by molar-refractivity contribution is -0.118. The van der Waals surface area contributed by atoms with Crippen LogP contribution in [0.1, 0.15) is 32.3 Å². The summed E-state index contributed by atoms with van der Waals surface area (Å²) in [5, 5.41) is 3.66. The molecule has 122 valence electrons. The summed E-state index contributed by atoms with van der Waals surface area (Å²) >= 11 is 5.94. The molecule has 0 saturated heterocycles. The first-order valence-electron chi connectivity index (χ1n) is 7.81. The van der Waals surface area contributed by atoms with E-state index in [4.69, 9.17) is 16.3 Å². The largest absolute Gasteiger partial charge is 0.492 e. The molecule has 2 aromatic rings. The van der Waals surface area contributed by atoms with Gasteiger partial charge in [0.1, 0.15) is 5.75 Å². The van der Waals surface area contributed by atoms with Crippen LogP contribution in [0.5, 0.6) is 5.75 Å². The van der Waals surface area contributed by atoms with Crippen LogP contribution in [0.2, 0.25) is 5.02 Å². The van der Waals surface area contributed by atoms with Crippen LogP contribution in [0.3, 0.4) is 0 Å². The van der Waals surface area contributed by atoms with Gasteiger partial charge in [-0.05, 0) is 42.7 Å². The van der Waals surface area contributed by atoms with Crippen molar-refractivity contribution in [3.05, 3.63) is 59.1 Å². The van der Waals surface area contributed by atoms with Crippen LogP contribution in [0.4, 0.5) is 5.69 Å². The first-order chi connectivity index (χ1) is 11.0. The van der Waals surface area contributed by atoms with Gasteiger partial charge in [-0.25, -0.2) is 0 Å². The number of rotatable bonds is 6. The molecule has 0 fully saturated rings. The molecule has 0 radical (unpaired) electrons. The van der Waals surface area contributed by atoms with Gasteiger partial charge in [-0.3, -0.25) is 4.79 Å². The molecule has 0 aromatic heterocycles. The van der Waals surface area contributed by atoms with Gasteiger partial charge in [0, 0.05) is 5.02 Å². The lowest BCUT2D eigenvalue weighted by atomic mass is 9.87. The number of benzene rings is 2. The van der Waals surface area contributed by atoms with Crippen LogP contribution in [-0.4, -0.2) is 12.5 Å². The third-order valence-electron chi connectivity index (χ3n) is 3.62. The van der Waals surface area contributed by atoms with E-state index in [2.05, 4.69) is 5.32 Å². The van der Waals surface area contributed by atoms with Gasteiger partial charge < -0.3 is 10.1 Å². The fourth-order valence-corrected chi connectivity index (χ4v) is 2.70. The van der Waals surface area contributed by atoms with Gasteiger partial charge in [0.25, 0.3) is 0 Å². The van der Waals surface area contributed by atoms with Crippen LogP contribution < -0.4 is 10.1 Å². The highest BCUT2D eigenvalue weighted by Crippen LogP contribution is 2.30. The average molecular weight is 332 g/mol. The van der Waals surface area contributed by atoms with E-state index in [0.717, 1.165) is 5.56 Å². The highest BCUT2D eigenvalue weighted by atomic mass is 35.5. The molecule has 2 rings (SSSR count). The summed E-state index contributed by atoms with van der Waals surface area (Å²) in [5.74, 6) is 0.550. The van der Waals surface area contributed by atoms with Gasteiger partial charge in [0.05, 0.1) is 18.2 Å². The lowest BCUT2D eigenvalue weighted by Gasteiger charge is -2.21. The van der Waals surface area contributed by atoms with Crippen molar-refractivity contribution in [3.8, 4) is 5.75 Å². The molecule has 0 aliphatic carbocycles. The van der Waals surface area contributed by atoms with E-state index in [1.54, 1.807) is 0 Å². The van der Waals surface area contributed by atoms with E-state index in [0.29, 0.717) is 23.1 Å². The molecule has 1 amide bonds. The van der Waals surface area contributed by atoms with Crippen molar-refractivity contribution < 1.29 is 9.53 Å². The summed E-state index contributed by atoms with van der Waals surface area (Å²) in [5.41, 5.74) is 1.65. The predicted octanol–water partition coefficient (Wildman–Crippen LogP) is 5.12. The Balaban J connectivity index is 2.24. The van der Waals surface area contributed by atoms with Crippen LogP contribution in [0, 0.1) is 5.92 Å². The van der Waals surface area contributed by atoms with Gasteiger partial charge >= 0.3 is 0 Å². The second-order valence-electron chi connectivity index (χ2n) is 5.69. The van der Waals surface area contributed by atoms with Crippen molar-refractivity contribution in [1.82, 2.24) is 0 Å². The second-order valence-corrected chi connectivity index (χ2v) is 6.13. The standard InChI is InChI=1S/C19H22ClNO2/c1-4-23-17-8-6-5-7-16(17)21-19(22)18(13(2)3)14-9-11-15(20)12-10-14/h5-13,18H,4H2,1-3H3,(H,21,22)/t18-/m1/s1. The molecule has 0 aliphatic rings. The SMILES string of the molecule is CCOc1ccccc1NC(=O)[C@@H](c1ccc(Cl)cc1)C(C)C. The van der Waals surface area contributed by atoms with Crippen LogP contribution >= 0.6 is 11.6 Å². The van der Waals surface area contributed by atoms with E-state index in [-0.39, 0.29) is 17.7 Å². The van der Waals surface area contributed by atoms with Crippen LogP contribution in [0.15, 0.2) is 48.5 Å².